The molecule has 0 aliphatic rings. The molecule has 0 bridgehead atoms. The van der Waals surface area contributed by atoms with Gasteiger partial charge in [0.2, 0.25) is 0 Å². The van der Waals surface area contributed by atoms with E-state index >= 15 is 0 Å². The molecule has 13 heavy (non-hydrogen) atoms. The number of hydrogen-bond donors (Lipinski definition) is 0. The van der Waals surface area contributed by atoms with E-state index in [9.17, 15) is 0 Å². The lowest BCUT2D eigenvalue weighted by Crippen LogP contribution is -2.19. The topological polar surface area (TPSA) is 0 Å². The van der Waals surface area contributed by atoms with Gasteiger partial charge in [0.15, 0.2) is 0 Å². The van der Waals surface area contributed by atoms with Gasteiger partial charge in [0, 0.05) is 1.43 Å². The summed E-state index contributed by atoms with van der Waals surface area (Å²) in [5.41, 5.74) is 0. The van der Waals surface area contributed by atoms with Crippen molar-refractivity contribution in [1.29, 1.82) is 0 Å². The van der Waals surface area contributed by atoms with E-state index in [0.717, 1.165) is 17.8 Å². The van der Waals surface area contributed by atoms with Gasteiger partial charge in [-0.05, 0) is 0 Å². The summed E-state index contributed by atoms with van der Waals surface area (Å²) in [5.74, 6) is 2.78. The molecule has 0 amide bonds. The molecule has 0 aromatic heterocycles. The minimum Gasteiger partial charge on any atom is -0.0915 e. The van der Waals surface area contributed by atoms with Crippen molar-refractivity contribution in [3.8, 4) is 0 Å². The van der Waals surface area contributed by atoms with Crippen molar-refractivity contribution in [2.24, 2.45) is 17.8 Å². The van der Waals surface area contributed by atoms with Crippen LogP contribution in [0.2, 0.25) is 15.8 Å². The van der Waals surface area contributed by atoms with E-state index < -0.39 is 14.1 Å². The first-order chi connectivity index (χ1) is 5.91. The van der Waals surface area contributed by atoms with Crippen LogP contribution in [-0.4, -0.2) is 14.1 Å². The number of rotatable bonds is 6. The predicted molar refractivity (Wildman–Crippen MR) is 66.8 cm³/mol. The van der Waals surface area contributed by atoms with Crippen molar-refractivity contribution in [3.05, 3.63) is 0 Å². The van der Waals surface area contributed by atoms with Crippen LogP contribution in [0.5, 0.6) is 0 Å². The molecule has 0 aromatic carbocycles. The minimum atomic E-state index is -0.407. The van der Waals surface area contributed by atoms with E-state index in [1.165, 1.54) is 0 Å². The van der Waals surface area contributed by atoms with E-state index in [-0.39, 0.29) is 1.43 Å². The van der Waals surface area contributed by atoms with Gasteiger partial charge in [-0.25, -0.2) is 0 Å². The second-order valence-corrected chi connectivity index (χ2v) is 8.90. The van der Waals surface area contributed by atoms with Crippen LogP contribution in [0.4, 0.5) is 0 Å². The van der Waals surface area contributed by atoms with Crippen molar-refractivity contribution in [2.45, 2.75) is 57.4 Å². The van der Waals surface area contributed by atoms with Gasteiger partial charge in [0.1, 0.15) is 0 Å². The molecule has 1 heteroatoms. The standard InChI is InChI=1S/3C4H9.Al.H2/c3*1-4(2)3;;/h3*4H,1H2,2-3H3;;1H. The van der Waals surface area contributed by atoms with Crippen LogP contribution in [0.1, 0.15) is 43.0 Å². The van der Waals surface area contributed by atoms with Gasteiger partial charge in [-0.3, -0.25) is 0 Å². The molecule has 0 saturated carbocycles. The SMILES string of the molecule is CC(C)[CH2][Al]([CH2]C(C)C)[CH2]C(C)C.[HH]. The Morgan fingerprint density at radius 1 is 0.692 bits per heavy atom. The van der Waals surface area contributed by atoms with Gasteiger partial charge in [-0.2, -0.15) is 0 Å². The van der Waals surface area contributed by atoms with E-state index in [0.29, 0.717) is 0 Å². The summed E-state index contributed by atoms with van der Waals surface area (Å²) >= 11 is -0.407. The van der Waals surface area contributed by atoms with Crippen molar-refractivity contribution in [1.82, 2.24) is 0 Å². The molecule has 0 radical (unpaired) electrons. The maximum absolute atomic E-state index is 2.38. The Morgan fingerprint density at radius 3 is 1.08 bits per heavy atom. The number of hydrogen-bond acceptors (Lipinski definition) is 0. The van der Waals surface area contributed by atoms with Gasteiger partial charge in [-0.15, -0.1) is 0 Å². The van der Waals surface area contributed by atoms with Gasteiger partial charge >= 0.3 is 0 Å². The summed E-state index contributed by atoms with van der Waals surface area (Å²) in [6.45, 7) is 14.3. The maximum atomic E-state index is 2.38. The van der Waals surface area contributed by atoms with Crippen LogP contribution in [0.15, 0.2) is 0 Å². The fourth-order valence-corrected chi connectivity index (χ4v) is 6.87. The molecule has 0 spiro atoms. The Hall–Kier alpha value is 0.532. The summed E-state index contributed by atoms with van der Waals surface area (Å²) in [6.07, 6.45) is 0. The summed E-state index contributed by atoms with van der Waals surface area (Å²) in [5, 5.41) is 4.66. The molecule has 0 nitrogen and oxygen atoms in total. The molecule has 0 rings (SSSR count). The second kappa shape index (κ2) is 6.91. The summed E-state index contributed by atoms with van der Waals surface area (Å²) in [6, 6.07) is 0. The third kappa shape index (κ3) is 8.85. The maximum Gasteiger partial charge on any atom is 0.262 e. The first-order valence-corrected chi connectivity index (χ1v) is 8.36. The lowest BCUT2D eigenvalue weighted by atomic mass is 10.2. The van der Waals surface area contributed by atoms with Crippen LogP contribution in [0, 0.1) is 17.8 Å². The Bertz CT molecular complexity index is 97.7. The van der Waals surface area contributed by atoms with E-state index in [1.807, 2.05) is 0 Å². The highest BCUT2D eigenvalue weighted by molar-refractivity contribution is 6.58. The van der Waals surface area contributed by atoms with Crippen LogP contribution >= 0.6 is 0 Å². The first-order valence-electron chi connectivity index (χ1n) is 5.91. The Morgan fingerprint density at radius 2 is 0.923 bits per heavy atom. The fraction of sp³-hybridized carbons (Fsp3) is 1.00. The molecule has 0 aliphatic heterocycles. The average molecular weight is 200 g/mol. The fourth-order valence-electron chi connectivity index (χ4n) is 2.29. The molecular weight excluding hydrogens is 171 g/mol. The monoisotopic (exact) mass is 200 g/mol. The highest BCUT2D eigenvalue weighted by Crippen LogP contribution is 2.20. The smallest absolute Gasteiger partial charge is 0.0915 e. The highest BCUT2D eigenvalue weighted by Gasteiger charge is 2.20. The summed E-state index contributed by atoms with van der Waals surface area (Å²) in [4.78, 5) is 0. The quantitative estimate of drug-likeness (QED) is 0.545. The molecule has 80 valence electrons. The Balaban J connectivity index is 0. The molecule has 0 heterocycles. The molecular formula is C12H29Al. The lowest BCUT2D eigenvalue weighted by Gasteiger charge is -2.17. The molecule has 0 N–H and O–H groups in total. The van der Waals surface area contributed by atoms with E-state index in [1.54, 1.807) is 15.8 Å². The van der Waals surface area contributed by atoms with E-state index in [4.69, 9.17) is 0 Å². The third-order valence-corrected chi connectivity index (χ3v) is 7.24. The zero-order valence-corrected chi connectivity index (χ0v) is 11.6. The molecule has 0 aliphatic carbocycles. The Kier molecular flexibility index (Phi) is 7.19. The van der Waals surface area contributed by atoms with Gasteiger partial charge in [0.25, 0.3) is 14.1 Å². The second-order valence-electron chi connectivity index (χ2n) is 5.75. The summed E-state index contributed by atoms with van der Waals surface area (Å²) < 4.78 is 0. The van der Waals surface area contributed by atoms with Crippen molar-refractivity contribution in [3.63, 3.8) is 0 Å². The van der Waals surface area contributed by atoms with Crippen LogP contribution in [-0.2, 0) is 0 Å². The predicted octanol–water partition coefficient (Wildman–Crippen LogP) is 4.70. The molecule has 0 aromatic rings. The largest absolute Gasteiger partial charge is 0.262 e. The average Bonchev–Trinajstić information content (AvgIpc) is 1.80. The van der Waals surface area contributed by atoms with Crippen LogP contribution in [0.25, 0.3) is 0 Å². The Labute approximate surface area is 91.0 Å². The molecule has 0 saturated heterocycles. The van der Waals surface area contributed by atoms with Crippen molar-refractivity contribution in [2.75, 3.05) is 0 Å². The van der Waals surface area contributed by atoms with Gasteiger partial charge in [0.05, 0.1) is 0 Å². The van der Waals surface area contributed by atoms with Crippen molar-refractivity contribution >= 4 is 14.1 Å². The first kappa shape index (κ1) is 13.5. The highest BCUT2D eigenvalue weighted by atomic mass is 27.2. The van der Waals surface area contributed by atoms with Crippen LogP contribution < -0.4 is 0 Å². The zero-order valence-electron chi connectivity index (χ0n) is 10.4. The normalized spacial score (nSPS) is 11.8. The van der Waals surface area contributed by atoms with Crippen LogP contribution in [0.3, 0.4) is 0 Å². The zero-order chi connectivity index (χ0) is 10.4. The minimum absolute atomic E-state index is 0. The van der Waals surface area contributed by atoms with Gasteiger partial charge in [-0.1, -0.05) is 75.1 Å². The molecule has 0 fully saturated rings. The third-order valence-electron chi connectivity index (χ3n) is 2.41. The van der Waals surface area contributed by atoms with Crippen molar-refractivity contribution < 1.29 is 1.43 Å². The summed E-state index contributed by atoms with van der Waals surface area (Å²) in [7, 11) is 0. The van der Waals surface area contributed by atoms with E-state index in [2.05, 4.69) is 41.5 Å². The van der Waals surface area contributed by atoms with Gasteiger partial charge < -0.3 is 0 Å². The molecule has 0 atom stereocenters. The molecule has 0 unspecified atom stereocenters. The lowest BCUT2D eigenvalue weighted by molar-refractivity contribution is 0.659.